The van der Waals surface area contributed by atoms with Crippen molar-refractivity contribution in [2.75, 3.05) is 24.5 Å². The Morgan fingerprint density at radius 2 is 1.90 bits per heavy atom. The number of piperazine rings is 1. The molecule has 1 amide bonds. The maximum atomic E-state index is 13.1. The standard InChI is InChI=1S/C21H20BrFN4OS/c1-14-13-26(10-11-27(14)20(28)16-4-6-17(22)7-5-16)21-24-19(25-29-21)12-15-2-8-18(23)9-3-15/h2-9,14H,10-13H2,1H3. The second kappa shape index (κ2) is 8.59. The number of halogens is 2. The predicted molar refractivity (Wildman–Crippen MR) is 116 cm³/mol. The van der Waals surface area contributed by atoms with Crippen LogP contribution in [0.3, 0.4) is 0 Å². The molecule has 150 valence electrons. The van der Waals surface area contributed by atoms with Gasteiger partial charge in [-0.3, -0.25) is 4.79 Å². The lowest BCUT2D eigenvalue weighted by Gasteiger charge is -2.39. The van der Waals surface area contributed by atoms with Crippen LogP contribution in [0.25, 0.3) is 0 Å². The fraction of sp³-hybridized carbons (Fsp3) is 0.286. The Kier molecular flexibility index (Phi) is 5.91. The van der Waals surface area contributed by atoms with Crippen LogP contribution in [-0.2, 0) is 6.42 Å². The predicted octanol–water partition coefficient (Wildman–Crippen LogP) is 4.38. The molecule has 0 saturated carbocycles. The summed E-state index contributed by atoms with van der Waals surface area (Å²) in [4.78, 5) is 21.6. The third-order valence-corrected chi connectivity index (χ3v) is 6.33. The van der Waals surface area contributed by atoms with E-state index in [4.69, 9.17) is 0 Å². The normalized spacial score (nSPS) is 16.9. The van der Waals surface area contributed by atoms with Crippen LogP contribution in [0.15, 0.2) is 53.0 Å². The van der Waals surface area contributed by atoms with Gasteiger partial charge in [-0.25, -0.2) is 9.37 Å². The molecule has 0 bridgehead atoms. The number of carbonyl (C=O) groups excluding carboxylic acids is 1. The van der Waals surface area contributed by atoms with Crippen molar-refractivity contribution in [3.63, 3.8) is 0 Å². The van der Waals surface area contributed by atoms with E-state index in [1.54, 1.807) is 12.1 Å². The van der Waals surface area contributed by atoms with Crippen molar-refractivity contribution in [2.45, 2.75) is 19.4 Å². The van der Waals surface area contributed by atoms with Gasteiger partial charge in [0.25, 0.3) is 5.91 Å². The second-order valence-electron chi connectivity index (χ2n) is 7.10. The molecule has 1 atom stereocenters. The zero-order valence-electron chi connectivity index (χ0n) is 15.9. The van der Waals surface area contributed by atoms with Crippen molar-refractivity contribution in [1.82, 2.24) is 14.3 Å². The highest BCUT2D eigenvalue weighted by molar-refractivity contribution is 9.10. The van der Waals surface area contributed by atoms with Gasteiger partial charge in [0.2, 0.25) is 5.13 Å². The van der Waals surface area contributed by atoms with Crippen LogP contribution in [0.4, 0.5) is 9.52 Å². The number of amides is 1. The fourth-order valence-corrected chi connectivity index (χ4v) is 4.41. The Hall–Kier alpha value is -2.32. The molecule has 1 aromatic heterocycles. The van der Waals surface area contributed by atoms with E-state index >= 15 is 0 Å². The highest BCUT2D eigenvalue weighted by Crippen LogP contribution is 2.24. The maximum absolute atomic E-state index is 13.1. The summed E-state index contributed by atoms with van der Waals surface area (Å²) in [7, 11) is 0. The summed E-state index contributed by atoms with van der Waals surface area (Å²) in [5.74, 6) is 0.543. The first kappa shape index (κ1) is 20.0. The van der Waals surface area contributed by atoms with Crippen molar-refractivity contribution in [1.29, 1.82) is 0 Å². The first-order valence-electron chi connectivity index (χ1n) is 9.38. The topological polar surface area (TPSA) is 49.3 Å². The first-order chi connectivity index (χ1) is 14.0. The first-order valence-corrected chi connectivity index (χ1v) is 10.9. The Morgan fingerprint density at radius 3 is 2.59 bits per heavy atom. The molecule has 0 radical (unpaired) electrons. The molecule has 1 aliphatic heterocycles. The summed E-state index contributed by atoms with van der Waals surface area (Å²) in [6, 6.07) is 13.9. The molecule has 4 rings (SSSR count). The third-order valence-electron chi connectivity index (χ3n) is 4.98. The molecule has 1 fully saturated rings. The number of hydrogen-bond acceptors (Lipinski definition) is 5. The highest BCUT2D eigenvalue weighted by atomic mass is 79.9. The molecule has 2 aromatic carbocycles. The average molecular weight is 475 g/mol. The monoisotopic (exact) mass is 474 g/mol. The van der Waals surface area contributed by atoms with E-state index in [1.165, 1.54) is 23.7 Å². The van der Waals surface area contributed by atoms with Crippen molar-refractivity contribution in [3.8, 4) is 0 Å². The highest BCUT2D eigenvalue weighted by Gasteiger charge is 2.29. The van der Waals surface area contributed by atoms with Gasteiger partial charge in [0.05, 0.1) is 0 Å². The quantitative estimate of drug-likeness (QED) is 0.562. The SMILES string of the molecule is CC1CN(c2nc(Cc3ccc(F)cc3)ns2)CCN1C(=O)c1ccc(Br)cc1. The maximum Gasteiger partial charge on any atom is 0.254 e. The molecule has 0 aliphatic carbocycles. The molecule has 1 saturated heterocycles. The van der Waals surface area contributed by atoms with Crippen molar-refractivity contribution >= 4 is 38.5 Å². The summed E-state index contributed by atoms with van der Waals surface area (Å²) in [6.07, 6.45) is 0.578. The van der Waals surface area contributed by atoms with Gasteiger partial charge >= 0.3 is 0 Å². The summed E-state index contributed by atoms with van der Waals surface area (Å²) < 4.78 is 18.5. The van der Waals surface area contributed by atoms with E-state index in [1.807, 2.05) is 29.2 Å². The van der Waals surface area contributed by atoms with E-state index in [0.29, 0.717) is 25.1 Å². The van der Waals surface area contributed by atoms with Crippen LogP contribution in [0, 0.1) is 5.82 Å². The van der Waals surface area contributed by atoms with E-state index in [9.17, 15) is 9.18 Å². The Bertz CT molecular complexity index is 993. The van der Waals surface area contributed by atoms with E-state index in [0.717, 1.165) is 27.5 Å². The molecule has 8 heteroatoms. The third kappa shape index (κ3) is 4.64. The molecule has 5 nitrogen and oxygen atoms in total. The number of anilines is 1. The van der Waals surface area contributed by atoms with Gasteiger partial charge in [-0.2, -0.15) is 4.37 Å². The number of carbonyl (C=O) groups is 1. The van der Waals surface area contributed by atoms with Crippen molar-refractivity contribution < 1.29 is 9.18 Å². The molecular weight excluding hydrogens is 455 g/mol. The minimum absolute atomic E-state index is 0.0545. The van der Waals surface area contributed by atoms with Gasteiger partial charge in [0.15, 0.2) is 0 Å². The van der Waals surface area contributed by atoms with Crippen LogP contribution >= 0.6 is 27.5 Å². The minimum atomic E-state index is -0.245. The smallest absolute Gasteiger partial charge is 0.254 e. The molecule has 29 heavy (non-hydrogen) atoms. The average Bonchev–Trinajstić information content (AvgIpc) is 3.18. The van der Waals surface area contributed by atoms with E-state index in [-0.39, 0.29) is 17.8 Å². The summed E-state index contributed by atoms with van der Waals surface area (Å²) in [5, 5.41) is 0.865. The van der Waals surface area contributed by atoms with Crippen molar-refractivity contribution in [2.24, 2.45) is 0 Å². The molecule has 3 aromatic rings. The summed E-state index contributed by atoms with van der Waals surface area (Å²) in [5.41, 5.74) is 1.68. The molecule has 0 spiro atoms. The number of aromatic nitrogens is 2. The number of hydrogen-bond donors (Lipinski definition) is 0. The van der Waals surface area contributed by atoms with Gasteiger partial charge in [-0.05, 0) is 48.9 Å². The van der Waals surface area contributed by atoms with Crippen LogP contribution in [0.1, 0.15) is 28.7 Å². The van der Waals surface area contributed by atoms with Gasteiger partial charge in [-0.15, -0.1) is 0 Å². The van der Waals surface area contributed by atoms with E-state index in [2.05, 4.69) is 37.1 Å². The van der Waals surface area contributed by atoms with E-state index < -0.39 is 0 Å². The summed E-state index contributed by atoms with van der Waals surface area (Å²) in [6.45, 7) is 4.14. The fourth-order valence-electron chi connectivity index (χ4n) is 3.42. The van der Waals surface area contributed by atoms with Gasteiger partial charge in [0.1, 0.15) is 11.6 Å². The largest absolute Gasteiger partial charge is 0.343 e. The van der Waals surface area contributed by atoms with Crippen LogP contribution in [0.5, 0.6) is 0 Å². The van der Waals surface area contributed by atoms with Gasteiger partial charge in [-0.1, -0.05) is 28.1 Å². The lowest BCUT2D eigenvalue weighted by atomic mass is 10.1. The zero-order valence-corrected chi connectivity index (χ0v) is 18.3. The molecule has 1 unspecified atom stereocenters. The molecular formula is C21H20BrFN4OS. The number of rotatable bonds is 4. The Labute approximate surface area is 181 Å². The molecule has 0 N–H and O–H groups in total. The lowest BCUT2D eigenvalue weighted by molar-refractivity contribution is 0.0674. The Morgan fingerprint density at radius 1 is 1.17 bits per heavy atom. The number of nitrogens with zero attached hydrogens (tertiary/aromatic N) is 4. The summed E-state index contributed by atoms with van der Waals surface area (Å²) >= 11 is 4.77. The number of benzene rings is 2. The van der Waals surface area contributed by atoms with Crippen LogP contribution in [-0.4, -0.2) is 45.8 Å². The molecule has 2 heterocycles. The van der Waals surface area contributed by atoms with Gasteiger partial charge in [0, 0.05) is 53.7 Å². The minimum Gasteiger partial charge on any atom is -0.343 e. The van der Waals surface area contributed by atoms with Crippen LogP contribution < -0.4 is 4.90 Å². The van der Waals surface area contributed by atoms with Crippen molar-refractivity contribution in [3.05, 3.63) is 75.8 Å². The molecule has 1 aliphatic rings. The Balaban J connectivity index is 1.39. The van der Waals surface area contributed by atoms with Crippen LogP contribution in [0.2, 0.25) is 0 Å². The van der Waals surface area contributed by atoms with Gasteiger partial charge < -0.3 is 9.80 Å². The zero-order chi connectivity index (χ0) is 20.4. The lowest BCUT2D eigenvalue weighted by Crippen LogP contribution is -2.54. The second-order valence-corrected chi connectivity index (χ2v) is 8.74.